The molecule has 0 bridgehead atoms. The minimum Gasteiger partial charge on any atom is -0.246 e. The monoisotopic (exact) mass is 220 g/mol. The van der Waals surface area contributed by atoms with Gasteiger partial charge in [0.15, 0.2) is 0 Å². The highest BCUT2D eigenvalue weighted by molar-refractivity contribution is 9.10. The molecule has 0 radical (unpaired) electrons. The van der Waals surface area contributed by atoms with Gasteiger partial charge in [-0.25, -0.2) is 8.78 Å². The molecule has 0 atom stereocenters. The predicted molar refractivity (Wildman–Crippen MR) is 43.8 cm³/mol. The van der Waals surface area contributed by atoms with Crippen LogP contribution in [0.25, 0.3) is 0 Å². The van der Waals surface area contributed by atoms with Crippen LogP contribution in [0.1, 0.15) is 11.1 Å². The van der Waals surface area contributed by atoms with E-state index in [0.717, 1.165) is 0 Å². The van der Waals surface area contributed by atoms with E-state index >= 15 is 0 Å². The lowest BCUT2D eigenvalue weighted by Gasteiger charge is -2.03. The van der Waals surface area contributed by atoms with Gasteiger partial charge in [0.2, 0.25) is 0 Å². The Hall–Kier alpha value is -0.440. The average Bonchev–Trinajstić information content (AvgIpc) is 2.04. The first-order valence-electron chi connectivity index (χ1n) is 3.17. The molecule has 0 unspecified atom stereocenters. The molecule has 11 heavy (non-hydrogen) atoms. The predicted octanol–water partition coefficient (Wildman–Crippen LogP) is 3.39. The average molecular weight is 221 g/mol. The summed E-state index contributed by atoms with van der Waals surface area (Å²) in [5.74, 6) is 0. The van der Waals surface area contributed by atoms with Crippen molar-refractivity contribution >= 4 is 15.9 Å². The van der Waals surface area contributed by atoms with E-state index in [1.165, 1.54) is 0 Å². The number of alkyl halides is 2. The van der Waals surface area contributed by atoms with E-state index in [1.54, 1.807) is 18.2 Å². The lowest BCUT2D eigenvalue weighted by atomic mass is 10.1. The van der Waals surface area contributed by atoms with Crippen molar-refractivity contribution in [2.24, 2.45) is 0 Å². The van der Waals surface area contributed by atoms with E-state index in [9.17, 15) is 8.78 Å². The molecule has 1 aromatic carbocycles. The highest BCUT2D eigenvalue weighted by atomic mass is 79.9. The molecule has 0 aromatic heterocycles. The second kappa shape index (κ2) is 3.81. The summed E-state index contributed by atoms with van der Waals surface area (Å²) in [6.45, 7) is -1.24. The third-order valence-electron chi connectivity index (χ3n) is 1.49. The Labute approximate surface area is 72.4 Å². The number of halogens is 3. The van der Waals surface area contributed by atoms with Crippen LogP contribution < -0.4 is 0 Å². The second-order valence-electron chi connectivity index (χ2n) is 2.14. The van der Waals surface area contributed by atoms with Crippen LogP contribution in [0.4, 0.5) is 8.78 Å². The summed E-state index contributed by atoms with van der Waals surface area (Å²) in [6.07, 6.45) is 0. The van der Waals surface area contributed by atoms with Gasteiger partial charge < -0.3 is 0 Å². The van der Waals surface area contributed by atoms with Gasteiger partial charge >= 0.3 is 0 Å². The Morgan fingerprint density at radius 1 is 1.18 bits per heavy atom. The van der Waals surface area contributed by atoms with Gasteiger partial charge in [0.05, 0.1) is 0 Å². The topological polar surface area (TPSA) is 0 Å². The van der Waals surface area contributed by atoms with Crippen LogP contribution in [0.2, 0.25) is 0 Å². The molecule has 0 fully saturated rings. The molecule has 0 saturated heterocycles. The summed E-state index contributed by atoms with van der Waals surface area (Å²) < 4.78 is 25.0. The molecule has 60 valence electrons. The van der Waals surface area contributed by atoms with Crippen molar-refractivity contribution in [3.63, 3.8) is 0 Å². The molecule has 0 saturated carbocycles. The fourth-order valence-corrected chi connectivity index (χ4v) is 1.39. The van der Waals surface area contributed by atoms with Crippen LogP contribution in [0, 0.1) is 0 Å². The van der Waals surface area contributed by atoms with Gasteiger partial charge in [-0.1, -0.05) is 28.1 Å². The van der Waals surface area contributed by atoms with Gasteiger partial charge in [-0.15, -0.1) is 0 Å². The standard InChI is InChI=1S/C8H7BrF2/c9-8-3-1-2-6(4-10)7(8)5-11/h1-3H,4-5H2. The van der Waals surface area contributed by atoms with E-state index in [-0.39, 0.29) is 0 Å². The van der Waals surface area contributed by atoms with E-state index in [1.807, 2.05) is 0 Å². The van der Waals surface area contributed by atoms with Gasteiger partial charge in [-0.2, -0.15) is 0 Å². The Kier molecular flexibility index (Phi) is 3.00. The summed E-state index contributed by atoms with van der Waals surface area (Å²) >= 11 is 3.14. The van der Waals surface area contributed by atoms with Gasteiger partial charge in [0.1, 0.15) is 13.3 Å². The first-order valence-corrected chi connectivity index (χ1v) is 3.97. The largest absolute Gasteiger partial charge is 0.246 e. The molecular formula is C8H7BrF2. The van der Waals surface area contributed by atoms with Crippen molar-refractivity contribution in [3.05, 3.63) is 33.8 Å². The molecule has 0 aliphatic heterocycles. The zero-order chi connectivity index (χ0) is 8.27. The van der Waals surface area contributed by atoms with Gasteiger partial charge in [-0.05, 0) is 11.6 Å². The lowest BCUT2D eigenvalue weighted by Crippen LogP contribution is -1.89. The Morgan fingerprint density at radius 2 is 1.91 bits per heavy atom. The number of rotatable bonds is 2. The Balaban J connectivity index is 3.13. The Bertz CT molecular complexity index is 248. The maximum atomic E-state index is 12.2. The summed E-state index contributed by atoms with van der Waals surface area (Å²) in [6, 6.07) is 4.98. The Morgan fingerprint density at radius 3 is 2.36 bits per heavy atom. The number of hydrogen-bond acceptors (Lipinski definition) is 0. The maximum Gasteiger partial charge on any atom is 0.116 e. The minimum atomic E-state index is -0.624. The SMILES string of the molecule is FCc1cccc(Br)c1CF. The fourth-order valence-electron chi connectivity index (χ4n) is 0.878. The fraction of sp³-hybridized carbons (Fsp3) is 0.250. The summed E-state index contributed by atoms with van der Waals surface area (Å²) in [5.41, 5.74) is 0.830. The van der Waals surface area contributed by atoms with Crippen molar-refractivity contribution in [1.29, 1.82) is 0 Å². The normalized spacial score (nSPS) is 10.1. The molecule has 0 aliphatic carbocycles. The number of hydrogen-bond donors (Lipinski definition) is 0. The van der Waals surface area contributed by atoms with Crippen LogP contribution >= 0.6 is 15.9 Å². The van der Waals surface area contributed by atoms with Crippen LogP contribution in [0.15, 0.2) is 22.7 Å². The van der Waals surface area contributed by atoms with E-state index in [2.05, 4.69) is 15.9 Å². The van der Waals surface area contributed by atoms with Crippen molar-refractivity contribution in [3.8, 4) is 0 Å². The van der Waals surface area contributed by atoms with Crippen LogP contribution in [-0.4, -0.2) is 0 Å². The maximum absolute atomic E-state index is 12.2. The van der Waals surface area contributed by atoms with Crippen molar-refractivity contribution in [2.45, 2.75) is 13.3 Å². The van der Waals surface area contributed by atoms with E-state index in [0.29, 0.717) is 15.6 Å². The molecule has 0 aliphatic rings. The molecule has 3 heteroatoms. The molecule has 1 aromatic rings. The van der Waals surface area contributed by atoms with Crippen molar-refractivity contribution < 1.29 is 8.78 Å². The smallest absolute Gasteiger partial charge is 0.116 e. The molecule has 0 N–H and O–H groups in total. The van der Waals surface area contributed by atoms with E-state index in [4.69, 9.17) is 0 Å². The zero-order valence-corrected chi connectivity index (χ0v) is 7.37. The summed E-state index contributed by atoms with van der Waals surface area (Å²) in [7, 11) is 0. The second-order valence-corrected chi connectivity index (χ2v) is 3.00. The van der Waals surface area contributed by atoms with Crippen molar-refractivity contribution in [2.75, 3.05) is 0 Å². The molecular weight excluding hydrogens is 214 g/mol. The molecule has 0 spiro atoms. The molecule has 0 amide bonds. The minimum absolute atomic E-state index is 0.412. The quantitative estimate of drug-likeness (QED) is 0.717. The summed E-state index contributed by atoms with van der Waals surface area (Å²) in [5, 5.41) is 0. The lowest BCUT2D eigenvalue weighted by molar-refractivity contribution is 0.453. The van der Waals surface area contributed by atoms with E-state index < -0.39 is 13.3 Å². The molecule has 1 rings (SSSR count). The van der Waals surface area contributed by atoms with Crippen LogP contribution in [0.5, 0.6) is 0 Å². The number of benzene rings is 1. The first-order chi connectivity index (χ1) is 5.29. The van der Waals surface area contributed by atoms with Gasteiger partial charge in [0.25, 0.3) is 0 Å². The first kappa shape index (κ1) is 8.65. The highest BCUT2D eigenvalue weighted by Crippen LogP contribution is 2.22. The van der Waals surface area contributed by atoms with Gasteiger partial charge in [0, 0.05) is 10.0 Å². The van der Waals surface area contributed by atoms with Crippen LogP contribution in [0.3, 0.4) is 0 Å². The molecule has 0 nitrogen and oxygen atoms in total. The molecule has 0 heterocycles. The van der Waals surface area contributed by atoms with Crippen molar-refractivity contribution in [1.82, 2.24) is 0 Å². The summed E-state index contributed by atoms with van der Waals surface area (Å²) in [4.78, 5) is 0. The highest BCUT2D eigenvalue weighted by Gasteiger charge is 2.04. The zero-order valence-electron chi connectivity index (χ0n) is 5.78. The van der Waals surface area contributed by atoms with Crippen LogP contribution in [-0.2, 0) is 13.3 Å². The third kappa shape index (κ3) is 1.77. The van der Waals surface area contributed by atoms with Gasteiger partial charge in [-0.3, -0.25) is 0 Å². The third-order valence-corrected chi connectivity index (χ3v) is 2.24.